The van der Waals surface area contributed by atoms with Gasteiger partial charge in [0.15, 0.2) is 0 Å². The van der Waals surface area contributed by atoms with Crippen LogP contribution in [0.15, 0.2) is 18.2 Å². The van der Waals surface area contributed by atoms with Gasteiger partial charge in [-0.25, -0.2) is 0 Å². The van der Waals surface area contributed by atoms with Crippen molar-refractivity contribution in [3.05, 3.63) is 28.8 Å². The summed E-state index contributed by atoms with van der Waals surface area (Å²) in [5.41, 5.74) is 1.67. The van der Waals surface area contributed by atoms with Crippen molar-refractivity contribution in [3.8, 4) is 6.07 Å². The van der Waals surface area contributed by atoms with Crippen LogP contribution in [0.5, 0.6) is 0 Å². The molecule has 0 radical (unpaired) electrons. The summed E-state index contributed by atoms with van der Waals surface area (Å²) in [6, 6.07) is 7.75. The number of nitrogens with zero attached hydrogens (tertiary/aromatic N) is 3. The van der Waals surface area contributed by atoms with Crippen molar-refractivity contribution >= 4 is 17.3 Å². The predicted molar refractivity (Wildman–Crippen MR) is 83.7 cm³/mol. The van der Waals surface area contributed by atoms with E-state index in [0.29, 0.717) is 16.5 Å². The average molecular weight is 306 g/mol. The molecule has 5 heteroatoms. The fourth-order valence-corrected chi connectivity index (χ4v) is 3.29. The minimum Gasteiger partial charge on any atom is -0.381 e. The minimum absolute atomic E-state index is 0.689. The smallest absolute Gasteiger partial charge is 0.101 e. The molecular weight excluding hydrogens is 286 g/mol. The van der Waals surface area contributed by atoms with Gasteiger partial charge in [0.2, 0.25) is 0 Å². The number of hydrogen-bond acceptors (Lipinski definition) is 4. The molecule has 0 amide bonds. The third kappa shape index (κ3) is 3.49. The molecular formula is C16H20ClN3O. The normalized spacial score (nSPS) is 23.2. The number of rotatable bonds is 3. The molecule has 0 spiro atoms. The Labute approximate surface area is 130 Å². The Hall–Kier alpha value is -1.28. The van der Waals surface area contributed by atoms with Crippen molar-refractivity contribution in [2.45, 2.75) is 6.42 Å². The number of anilines is 1. The molecule has 2 saturated heterocycles. The zero-order valence-electron chi connectivity index (χ0n) is 12.1. The van der Waals surface area contributed by atoms with Crippen LogP contribution in [-0.4, -0.2) is 50.8 Å². The molecule has 0 aromatic heterocycles. The Balaban J connectivity index is 1.60. The van der Waals surface area contributed by atoms with Crippen molar-refractivity contribution in [3.63, 3.8) is 0 Å². The predicted octanol–water partition coefficient (Wildman–Crippen LogP) is 2.37. The summed E-state index contributed by atoms with van der Waals surface area (Å²) in [5, 5.41) is 9.93. The van der Waals surface area contributed by atoms with E-state index in [1.165, 1.54) is 6.42 Å². The highest BCUT2D eigenvalue weighted by atomic mass is 35.5. The Morgan fingerprint density at radius 2 is 2.10 bits per heavy atom. The average Bonchev–Trinajstić information content (AvgIpc) is 3.01. The van der Waals surface area contributed by atoms with Gasteiger partial charge in [0.25, 0.3) is 0 Å². The zero-order chi connectivity index (χ0) is 14.7. The largest absolute Gasteiger partial charge is 0.381 e. The van der Waals surface area contributed by atoms with Crippen LogP contribution in [0.25, 0.3) is 0 Å². The number of piperazine rings is 1. The van der Waals surface area contributed by atoms with Gasteiger partial charge in [0, 0.05) is 44.4 Å². The highest BCUT2D eigenvalue weighted by Gasteiger charge is 2.23. The van der Waals surface area contributed by atoms with Gasteiger partial charge in [-0.3, -0.25) is 4.90 Å². The lowest BCUT2D eigenvalue weighted by Gasteiger charge is -2.37. The van der Waals surface area contributed by atoms with E-state index in [4.69, 9.17) is 16.3 Å². The van der Waals surface area contributed by atoms with E-state index in [1.807, 2.05) is 6.07 Å². The zero-order valence-corrected chi connectivity index (χ0v) is 12.9. The summed E-state index contributed by atoms with van der Waals surface area (Å²) in [6.45, 7) is 6.92. The van der Waals surface area contributed by atoms with Gasteiger partial charge in [-0.15, -0.1) is 0 Å². The first-order valence-electron chi connectivity index (χ1n) is 7.51. The number of benzene rings is 1. The third-order valence-electron chi connectivity index (χ3n) is 4.33. The quantitative estimate of drug-likeness (QED) is 0.859. The van der Waals surface area contributed by atoms with Crippen LogP contribution < -0.4 is 4.90 Å². The van der Waals surface area contributed by atoms with Crippen LogP contribution in [-0.2, 0) is 4.74 Å². The maximum atomic E-state index is 9.24. The second-order valence-electron chi connectivity index (χ2n) is 5.79. The third-order valence-corrected chi connectivity index (χ3v) is 4.57. The molecule has 112 valence electrons. The minimum atomic E-state index is 0.689. The Bertz CT molecular complexity index is 529. The lowest BCUT2D eigenvalue weighted by Crippen LogP contribution is -2.48. The van der Waals surface area contributed by atoms with Gasteiger partial charge in [0.1, 0.15) is 6.07 Å². The van der Waals surface area contributed by atoms with E-state index in [2.05, 4.69) is 15.9 Å². The molecule has 0 N–H and O–H groups in total. The first-order valence-corrected chi connectivity index (χ1v) is 7.89. The molecule has 1 aromatic rings. The van der Waals surface area contributed by atoms with Crippen LogP contribution in [0, 0.1) is 17.2 Å². The molecule has 2 fully saturated rings. The molecule has 1 aromatic carbocycles. The number of ether oxygens (including phenoxy) is 1. The summed E-state index contributed by atoms with van der Waals surface area (Å²) in [7, 11) is 0. The highest BCUT2D eigenvalue weighted by Crippen LogP contribution is 2.26. The fourth-order valence-electron chi connectivity index (χ4n) is 3.12. The van der Waals surface area contributed by atoms with Gasteiger partial charge >= 0.3 is 0 Å². The van der Waals surface area contributed by atoms with Crippen molar-refractivity contribution < 1.29 is 4.74 Å². The molecule has 3 rings (SSSR count). The second-order valence-corrected chi connectivity index (χ2v) is 6.23. The van der Waals surface area contributed by atoms with Crippen LogP contribution in [0.1, 0.15) is 12.0 Å². The van der Waals surface area contributed by atoms with Crippen LogP contribution >= 0.6 is 11.6 Å². The summed E-state index contributed by atoms with van der Waals surface area (Å²) >= 11 is 6.07. The Morgan fingerprint density at radius 3 is 2.76 bits per heavy atom. The van der Waals surface area contributed by atoms with Crippen LogP contribution in [0.3, 0.4) is 0 Å². The van der Waals surface area contributed by atoms with Gasteiger partial charge < -0.3 is 9.64 Å². The summed E-state index contributed by atoms with van der Waals surface area (Å²) < 4.78 is 5.44. The van der Waals surface area contributed by atoms with Crippen molar-refractivity contribution in [1.29, 1.82) is 5.26 Å². The molecule has 1 atom stereocenters. The van der Waals surface area contributed by atoms with Crippen molar-refractivity contribution in [2.24, 2.45) is 5.92 Å². The van der Waals surface area contributed by atoms with E-state index >= 15 is 0 Å². The van der Waals surface area contributed by atoms with E-state index in [0.717, 1.165) is 51.6 Å². The number of halogens is 1. The Kier molecular flexibility index (Phi) is 4.64. The molecule has 1 unspecified atom stereocenters. The molecule has 0 bridgehead atoms. The van der Waals surface area contributed by atoms with E-state index in [9.17, 15) is 5.26 Å². The van der Waals surface area contributed by atoms with Crippen LogP contribution in [0.2, 0.25) is 5.02 Å². The monoisotopic (exact) mass is 305 g/mol. The molecule has 2 heterocycles. The van der Waals surface area contributed by atoms with E-state index in [1.54, 1.807) is 12.1 Å². The molecule has 0 saturated carbocycles. The summed E-state index contributed by atoms with van der Waals surface area (Å²) in [6.07, 6.45) is 1.19. The Morgan fingerprint density at radius 1 is 1.29 bits per heavy atom. The van der Waals surface area contributed by atoms with Crippen molar-refractivity contribution in [2.75, 3.05) is 50.8 Å². The van der Waals surface area contributed by atoms with Gasteiger partial charge in [-0.2, -0.15) is 5.26 Å². The van der Waals surface area contributed by atoms with Crippen LogP contribution in [0.4, 0.5) is 5.69 Å². The SMILES string of the molecule is N#Cc1ccc(Cl)cc1N1CCN(CC2CCOC2)CC1. The van der Waals surface area contributed by atoms with E-state index < -0.39 is 0 Å². The number of hydrogen-bond donors (Lipinski definition) is 0. The standard InChI is InChI=1S/C16H20ClN3O/c17-15-2-1-14(10-18)16(9-15)20-6-4-19(5-7-20)11-13-3-8-21-12-13/h1-2,9,13H,3-8,11-12H2. The lowest BCUT2D eigenvalue weighted by atomic mass is 10.1. The maximum Gasteiger partial charge on any atom is 0.101 e. The first-order chi connectivity index (χ1) is 10.3. The lowest BCUT2D eigenvalue weighted by molar-refractivity contribution is 0.164. The molecule has 4 nitrogen and oxygen atoms in total. The first kappa shape index (κ1) is 14.6. The topological polar surface area (TPSA) is 39.5 Å². The van der Waals surface area contributed by atoms with Gasteiger partial charge in [-0.1, -0.05) is 11.6 Å². The summed E-state index contributed by atoms with van der Waals surface area (Å²) in [4.78, 5) is 4.78. The molecule has 0 aliphatic carbocycles. The highest BCUT2D eigenvalue weighted by molar-refractivity contribution is 6.30. The second kappa shape index (κ2) is 6.65. The maximum absolute atomic E-state index is 9.24. The summed E-state index contributed by atoms with van der Waals surface area (Å²) in [5.74, 6) is 0.692. The molecule has 2 aliphatic heterocycles. The van der Waals surface area contributed by atoms with E-state index in [-0.39, 0.29) is 0 Å². The molecule has 21 heavy (non-hydrogen) atoms. The number of nitriles is 1. The van der Waals surface area contributed by atoms with Gasteiger partial charge in [-0.05, 0) is 30.5 Å². The molecule has 2 aliphatic rings. The van der Waals surface area contributed by atoms with Gasteiger partial charge in [0.05, 0.1) is 17.9 Å². The van der Waals surface area contributed by atoms with Crippen molar-refractivity contribution in [1.82, 2.24) is 4.90 Å². The fraction of sp³-hybridized carbons (Fsp3) is 0.562.